The molecule has 34 heavy (non-hydrogen) atoms. The van der Waals surface area contributed by atoms with Crippen LogP contribution in [0.5, 0.6) is 5.88 Å². The largest absolute Gasteiger partial charge is 0.481 e. The molecule has 2 aliphatic rings. The number of nitrogens with one attached hydrogen (secondary N) is 1. The number of allylic oxidation sites excluding steroid dienone is 1. The highest BCUT2D eigenvalue weighted by Crippen LogP contribution is 2.53. The fourth-order valence-electron chi connectivity index (χ4n) is 5.55. The summed E-state index contributed by atoms with van der Waals surface area (Å²) >= 11 is 0. The number of nitriles is 1. The Labute approximate surface area is 198 Å². The highest BCUT2D eigenvalue weighted by atomic mass is 19.1. The van der Waals surface area contributed by atoms with Crippen molar-refractivity contribution in [3.8, 4) is 11.9 Å². The highest BCUT2D eigenvalue weighted by Gasteiger charge is 2.51. The van der Waals surface area contributed by atoms with Crippen molar-refractivity contribution in [1.82, 2.24) is 10.2 Å². The van der Waals surface area contributed by atoms with Crippen molar-refractivity contribution in [2.75, 3.05) is 18.0 Å². The number of carboxylic acids is 1. The summed E-state index contributed by atoms with van der Waals surface area (Å²) in [4.78, 5) is 13.0. The van der Waals surface area contributed by atoms with Gasteiger partial charge in [0.05, 0.1) is 11.0 Å². The zero-order valence-corrected chi connectivity index (χ0v) is 19.7. The first kappa shape index (κ1) is 23.6. The minimum atomic E-state index is -1.03. The van der Waals surface area contributed by atoms with E-state index in [0.717, 1.165) is 24.2 Å². The molecule has 0 amide bonds. The van der Waals surface area contributed by atoms with E-state index in [9.17, 15) is 10.1 Å². The molecule has 0 aliphatic carbocycles. The van der Waals surface area contributed by atoms with E-state index >= 15 is 4.39 Å². The number of benzene rings is 1. The highest BCUT2D eigenvalue weighted by molar-refractivity contribution is 5.66. The van der Waals surface area contributed by atoms with Gasteiger partial charge in [-0.3, -0.25) is 9.89 Å². The molecule has 4 N–H and O–H groups in total. The lowest BCUT2D eigenvalue weighted by atomic mass is 9.62. The first-order valence-corrected chi connectivity index (χ1v) is 11.6. The van der Waals surface area contributed by atoms with E-state index < -0.39 is 17.2 Å². The lowest BCUT2D eigenvalue weighted by Gasteiger charge is -2.41. The zero-order valence-electron chi connectivity index (χ0n) is 19.7. The van der Waals surface area contributed by atoms with Crippen LogP contribution in [0.3, 0.4) is 0 Å². The molecular weight excluding hydrogens is 437 g/mol. The van der Waals surface area contributed by atoms with Gasteiger partial charge in [0.25, 0.3) is 0 Å². The topological polar surface area (TPSA) is 128 Å². The Morgan fingerprint density at radius 2 is 2.12 bits per heavy atom. The quantitative estimate of drug-likeness (QED) is 0.586. The molecule has 0 unspecified atom stereocenters. The Hall–Kier alpha value is -3.54. The normalized spacial score (nSPS) is 20.8. The van der Waals surface area contributed by atoms with Crippen LogP contribution in [0.4, 0.5) is 10.1 Å². The maximum atomic E-state index is 15.1. The maximum Gasteiger partial charge on any atom is 0.303 e. The summed E-state index contributed by atoms with van der Waals surface area (Å²) in [7, 11) is 0. The predicted octanol–water partition coefficient (Wildman–Crippen LogP) is 3.97. The number of nitrogens with two attached hydrogens (primary N) is 1. The molecule has 4 rings (SSSR count). The van der Waals surface area contributed by atoms with Crippen molar-refractivity contribution >= 4 is 11.7 Å². The lowest BCUT2D eigenvalue weighted by Crippen LogP contribution is -2.42. The third-order valence-electron chi connectivity index (χ3n) is 7.22. The molecule has 0 spiro atoms. The molecule has 1 atom stereocenters. The Morgan fingerprint density at radius 3 is 2.74 bits per heavy atom. The van der Waals surface area contributed by atoms with Gasteiger partial charge in [-0.25, -0.2) is 4.39 Å². The number of ether oxygens (including phenoxy) is 1. The van der Waals surface area contributed by atoms with Gasteiger partial charge >= 0.3 is 5.97 Å². The molecular formula is C25H30FN5O3. The second-order valence-corrected chi connectivity index (χ2v) is 9.51. The van der Waals surface area contributed by atoms with E-state index in [1.54, 1.807) is 0 Å². The lowest BCUT2D eigenvalue weighted by molar-refractivity contribution is -0.137. The molecule has 0 saturated carbocycles. The Balaban J connectivity index is 1.77. The molecule has 8 nitrogen and oxygen atoms in total. The van der Waals surface area contributed by atoms with Crippen molar-refractivity contribution in [2.45, 2.75) is 51.9 Å². The number of aromatic nitrogens is 2. The molecule has 1 saturated heterocycles. The van der Waals surface area contributed by atoms with Gasteiger partial charge in [-0.1, -0.05) is 13.8 Å². The summed E-state index contributed by atoms with van der Waals surface area (Å²) in [6.45, 7) is 7.23. The van der Waals surface area contributed by atoms with Crippen LogP contribution in [0.1, 0.15) is 56.4 Å². The Bertz CT molecular complexity index is 1170. The average molecular weight is 468 g/mol. The molecule has 0 bridgehead atoms. The number of anilines is 1. The molecule has 1 aromatic carbocycles. The fourth-order valence-corrected chi connectivity index (χ4v) is 5.55. The number of hydrogen-bond donors (Lipinski definition) is 3. The van der Waals surface area contributed by atoms with E-state index in [-0.39, 0.29) is 23.8 Å². The van der Waals surface area contributed by atoms with Gasteiger partial charge in [0.2, 0.25) is 11.8 Å². The molecule has 1 aromatic heterocycles. The van der Waals surface area contributed by atoms with E-state index in [4.69, 9.17) is 15.6 Å². The third-order valence-corrected chi connectivity index (χ3v) is 7.22. The minimum Gasteiger partial charge on any atom is -0.481 e. The second kappa shape index (κ2) is 9.01. The van der Waals surface area contributed by atoms with E-state index in [0.29, 0.717) is 42.4 Å². The number of carboxylic acid groups (broad SMARTS) is 1. The van der Waals surface area contributed by atoms with Crippen molar-refractivity contribution in [1.29, 1.82) is 5.26 Å². The number of aliphatic carboxylic acids is 1. The number of aryl methyl sites for hydroxylation is 1. The average Bonchev–Trinajstić information content (AvgIpc) is 3.16. The summed E-state index contributed by atoms with van der Waals surface area (Å²) in [6.07, 6.45) is 2.53. The molecule has 3 heterocycles. The number of fused-ring (bicyclic) bond motifs is 1. The van der Waals surface area contributed by atoms with Crippen LogP contribution in [0, 0.1) is 35.9 Å². The first-order valence-electron chi connectivity index (χ1n) is 11.6. The molecule has 2 aromatic rings. The summed E-state index contributed by atoms with van der Waals surface area (Å²) in [6, 6.07) is 7.15. The van der Waals surface area contributed by atoms with Crippen molar-refractivity contribution < 1.29 is 19.0 Å². The first-order chi connectivity index (χ1) is 16.2. The van der Waals surface area contributed by atoms with Crippen molar-refractivity contribution in [3.63, 3.8) is 0 Å². The standard InChI is InChI=1S/C25H30FN5O3/c1-14(2)25(20(13-27)23(28)34-24-22(25)15(3)29-30-24)17-10-18(26)12-19(11-17)31-8-6-16(7-9-31)4-5-21(32)33/h10-12,14,16H,4-9,28H2,1-3H3,(H,29,30)(H,32,33)/t25-/m0/s1. The van der Waals surface area contributed by atoms with Gasteiger partial charge in [-0.15, -0.1) is 5.10 Å². The van der Waals surface area contributed by atoms with Gasteiger partial charge in [0, 0.05) is 30.9 Å². The van der Waals surface area contributed by atoms with Crippen LogP contribution in [-0.2, 0) is 10.2 Å². The van der Waals surface area contributed by atoms with Crippen LogP contribution in [-0.4, -0.2) is 34.4 Å². The summed E-state index contributed by atoms with van der Waals surface area (Å²) < 4.78 is 20.8. The van der Waals surface area contributed by atoms with E-state index in [1.807, 2.05) is 26.8 Å². The zero-order chi connectivity index (χ0) is 24.6. The molecule has 180 valence electrons. The number of aromatic amines is 1. The van der Waals surface area contributed by atoms with Crippen LogP contribution in [0.25, 0.3) is 0 Å². The molecule has 1 fully saturated rings. The SMILES string of the molecule is Cc1[nH]nc2c1[C@](c1cc(F)cc(N3CCC(CCC(=O)O)CC3)c1)(C(C)C)C(C#N)=C(N)O2. The molecule has 0 radical (unpaired) electrons. The predicted molar refractivity (Wildman–Crippen MR) is 125 cm³/mol. The third kappa shape index (κ3) is 3.87. The number of halogens is 1. The maximum absolute atomic E-state index is 15.1. The second-order valence-electron chi connectivity index (χ2n) is 9.51. The fraction of sp³-hybridized carbons (Fsp3) is 0.480. The molecule has 9 heteroatoms. The number of rotatable bonds is 6. The number of H-pyrrole nitrogens is 1. The van der Waals surface area contributed by atoms with Gasteiger partial charge in [0.15, 0.2) is 0 Å². The Kier molecular flexibility index (Phi) is 6.26. The van der Waals surface area contributed by atoms with Crippen LogP contribution < -0.4 is 15.4 Å². The van der Waals surface area contributed by atoms with Gasteiger partial charge < -0.3 is 20.5 Å². The van der Waals surface area contributed by atoms with Crippen molar-refractivity contribution in [3.05, 3.63) is 52.3 Å². The van der Waals surface area contributed by atoms with Gasteiger partial charge in [-0.05, 0) is 61.8 Å². The molecule has 2 aliphatic heterocycles. The summed E-state index contributed by atoms with van der Waals surface area (Å²) in [5, 5.41) is 26.2. The smallest absolute Gasteiger partial charge is 0.303 e. The van der Waals surface area contributed by atoms with Crippen LogP contribution in [0.2, 0.25) is 0 Å². The van der Waals surface area contributed by atoms with E-state index in [2.05, 4.69) is 21.2 Å². The van der Waals surface area contributed by atoms with Gasteiger partial charge in [0.1, 0.15) is 17.5 Å². The minimum absolute atomic E-state index is 0.0275. The van der Waals surface area contributed by atoms with E-state index in [1.165, 1.54) is 12.1 Å². The van der Waals surface area contributed by atoms with Crippen LogP contribution >= 0.6 is 0 Å². The van der Waals surface area contributed by atoms with Crippen LogP contribution in [0.15, 0.2) is 29.7 Å². The summed E-state index contributed by atoms with van der Waals surface area (Å²) in [5.41, 5.74) is 8.17. The van der Waals surface area contributed by atoms with Crippen molar-refractivity contribution in [2.24, 2.45) is 17.6 Å². The monoisotopic (exact) mass is 467 g/mol. The number of nitrogens with zero attached hydrogens (tertiary/aromatic N) is 3. The van der Waals surface area contributed by atoms with Gasteiger partial charge in [-0.2, -0.15) is 5.26 Å². The number of hydrogen-bond acceptors (Lipinski definition) is 6. The number of piperidine rings is 1. The number of carbonyl (C=O) groups is 1. The Morgan fingerprint density at radius 1 is 1.41 bits per heavy atom. The summed E-state index contributed by atoms with van der Waals surface area (Å²) in [5.74, 6) is -0.709.